The van der Waals surface area contributed by atoms with Crippen LogP contribution in [0.1, 0.15) is 25.0 Å². The normalized spacial score (nSPS) is 17.9. The molecular weight excluding hydrogens is 416 g/mol. The van der Waals surface area contributed by atoms with E-state index in [4.69, 9.17) is 18.9 Å². The molecule has 1 saturated heterocycles. The first kappa shape index (κ1) is 23.5. The molecule has 3 rings (SSSR count). The number of nitrogens with zero attached hydrogens (tertiary/aromatic N) is 1. The quantitative estimate of drug-likeness (QED) is 0.633. The molecule has 1 unspecified atom stereocenters. The molecule has 0 saturated carbocycles. The first-order chi connectivity index (χ1) is 15.4. The molecule has 172 valence electrons. The Morgan fingerprint density at radius 3 is 2.12 bits per heavy atom. The topological polar surface area (TPSA) is 107 Å². The second-order valence-corrected chi connectivity index (χ2v) is 7.70. The van der Waals surface area contributed by atoms with E-state index in [-0.39, 0.29) is 19.8 Å². The highest BCUT2D eigenvalue weighted by atomic mass is 16.7. The van der Waals surface area contributed by atoms with Crippen LogP contribution in [-0.4, -0.2) is 53.4 Å². The molecule has 0 aromatic heterocycles. The van der Waals surface area contributed by atoms with Crippen LogP contribution < -0.4 is 5.43 Å². The van der Waals surface area contributed by atoms with Gasteiger partial charge in [0.05, 0.1) is 13.2 Å². The predicted octanol–water partition coefficient (Wildman–Crippen LogP) is 2.98. The smallest absolute Gasteiger partial charge is 0.429 e. The lowest BCUT2D eigenvalue weighted by molar-refractivity contribution is -0.149. The minimum absolute atomic E-state index is 0.0113. The lowest BCUT2D eigenvalue weighted by Crippen LogP contribution is -2.58. The molecule has 1 aliphatic rings. The highest BCUT2D eigenvalue weighted by Crippen LogP contribution is 2.26. The third-order valence-electron chi connectivity index (χ3n) is 4.80. The number of carbonyl (C=O) groups excluding carboxylic acids is 2. The third kappa shape index (κ3) is 6.68. The molecule has 32 heavy (non-hydrogen) atoms. The maximum Gasteiger partial charge on any atom is 0.429 e. The number of ether oxygens (including phenoxy) is 4. The summed E-state index contributed by atoms with van der Waals surface area (Å²) in [6.45, 7) is 3.08. The molecule has 1 heterocycles. The summed E-state index contributed by atoms with van der Waals surface area (Å²) in [7, 11) is 0. The van der Waals surface area contributed by atoms with Crippen molar-refractivity contribution in [2.24, 2.45) is 0 Å². The maximum absolute atomic E-state index is 12.9. The molecule has 2 N–H and O–H groups in total. The summed E-state index contributed by atoms with van der Waals surface area (Å²) in [6.07, 6.45) is -2.42. The highest BCUT2D eigenvalue weighted by Gasteiger charge is 2.42. The van der Waals surface area contributed by atoms with E-state index >= 15 is 0 Å². The van der Waals surface area contributed by atoms with Crippen molar-refractivity contribution in [2.75, 3.05) is 13.2 Å². The second kappa shape index (κ2) is 10.9. The van der Waals surface area contributed by atoms with Crippen molar-refractivity contribution in [3.63, 3.8) is 0 Å². The molecule has 0 aliphatic carbocycles. The molecule has 1 aliphatic heterocycles. The number of benzene rings is 2. The second-order valence-electron chi connectivity index (χ2n) is 7.70. The molecular formula is C23H28N2O7. The van der Waals surface area contributed by atoms with Gasteiger partial charge in [-0.05, 0) is 25.0 Å². The summed E-state index contributed by atoms with van der Waals surface area (Å²) < 4.78 is 21.9. The van der Waals surface area contributed by atoms with E-state index in [1.54, 1.807) is 26.0 Å². The van der Waals surface area contributed by atoms with E-state index < -0.39 is 36.7 Å². The zero-order chi connectivity index (χ0) is 23.0. The molecule has 2 atom stereocenters. The SMILES string of the molecule is CC1(C)OC[C@H](C(CO)N(NC(=O)OCc2ccccc2)C(=O)OCc2ccccc2)O1. The minimum atomic E-state index is -0.954. The first-order valence-corrected chi connectivity index (χ1v) is 10.3. The van der Waals surface area contributed by atoms with Crippen molar-refractivity contribution in [2.45, 2.75) is 45.0 Å². The number of carbonyl (C=O) groups is 2. The largest absolute Gasteiger partial charge is 0.443 e. The van der Waals surface area contributed by atoms with Gasteiger partial charge in [0.15, 0.2) is 5.79 Å². The van der Waals surface area contributed by atoms with Crippen molar-refractivity contribution < 1.29 is 33.6 Å². The van der Waals surface area contributed by atoms with Crippen molar-refractivity contribution in [1.82, 2.24) is 10.4 Å². The number of nitrogens with one attached hydrogen (secondary N) is 1. The average molecular weight is 444 g/mol. The van der Waals surface area contributed by atoms with Gasteiger partial charge in [0.25, 0.3) is 0 Å². The van der Waals surface area contributed by atoms with E-state index in [0.29, 0.717) is 0 Å². The van der Waals surface area contributed by atoms with Crippen LogP contribution in [-0.2, 0) is 32.2 Å². The van der Waals surface area contributed by atoms with Gasteiger partial charge in [-0.3, -0.25) is 0 Å². The maximum atomic E-state index is 12.9. The van der Waals surface area contributed by atoms with Crippen molar-refractivity contribution in [1.29, 1.82) is 0 Å². The Hall–Kier alpha value is -3.14. The van der Waals surface area contributed by atoms with Crippen LogP contribution >= 0.6 is 0 Å². The summed E-state index contributed by atoms with van der Waals surface area (Å²) in [6, 6.07) is 17.3. The molecule has 0 bridgehead atoms. The lowest BCUT2D eigenvalue weighted by atomic mass is 10.2. The Morgan fingerprint density at radius 2 is 1.62 bits per heavy atom. The molecule has 9 heteroatoms. The van der Waals surface area contributed by atoms with Gasteiger partial charge in [0.1, 0.15) is 25.4 Å². The predicted molar refractivity (Wildman–Crippen MR) is 114 cm³/mol. The van der Waals surface area contributed by atoms with Crippen molar-refractivity contribution in [3.05, 3.63) is 71.8 Å². The standard InChI is InChI=1S/C23H28N2O7/c1-23(2)31-16-20(32-23)19(13-26)25(22(28)30-15-18-11-7-4-8-12-18)24-21(27)29-14-17-9-5-3-6-10-17/h3-12,19-20,26H,13-16H2,1-2H3,(H,24,27)/t19?,20-/m1/s1. The van der Waals surface area contributed by atoms with Crippen LogP contribution in [0.25, 0.3) is 0 Å². The van der Waals surface area contributed by atoms with Crippen LogP contribution in [0.4, 0.5) is 9.59 Å². The van der Waals surface area contributed by atoms with Crippen LogP contribution in [0.2, 0.25) is 0 Å². The van der Waals surface area contributed by atoms with E-state index in [1.807, 2.05) is 48.5 Å². The zero-order valence-corrected chi connectivity index (χ0v) is 18.1. The molecule has 0 radical (unpaired) electrons. The highest BCUT2D eigenvalue weighted by molar-refractivity contribution is 5.74. The minimum Gasteiger partial charge on any atom is -0.443 e. The number of hydrazine groups is 1. The molecule has 9 nitrogen and oxygen atoms in total. The summed E-state index contributed by atoms with van der Waals surface area (Å²) in [5, 5.41) is 10.9. The van der Waals surface area contributed by atoms with Gasteiger partial charge in [0.2, 0.25) is 0 Å². The van der Waals surface area contributed by atoms with E-state index in [1.165, 1.54) is 0 Å². The third-order valence-corrected chi connectivity index (χ3v) is 4.80. The first-order valence-electron chi connectivity index (χ1n) is 10.3. The summed E-state index contributed by atoms with van der Waals surface area (Å²) >= 11 is 0. The van der Waals surface area contributed by atoms with Gasteiger partial charge < -0.3 is 24.1 Å². The van der Waals surface area contributed by atoms with E-state index in [9.17, 15) is 14.7 Å². The van der Waals surface area contributed by atoms with Crippen LogP contribution in [0.3, 0.4) is 0 Å². The van der Waals surface area contributed by atoms with Gasteiger partial charge in [0, 0.05) is 0 Å². The number of aliphatic hydroxyl groups is 1. The number of amides is 2. The monoisotopic (exact) mass is 444 g/mol. The summed E-state index contributed by atoms with van der Waals surface area (Å²) in [5.74, 6) is -0.883. The fourth-order valence-electron chi connectivity index (χ4n) is 3.18. The van der Waals surface area contributed by atoms with Gasteiger partial charge in [-0.1, -0.05) is 60.7 Å². The summed E-state index contributed by atoms with van der Waals surface area (Å²) in [5.41, 5.74) is 3.94. The van der Waals surface area contributed by atoms with Gasteiger partial charge >= 0.3 is 12.2 Å². The van der Waals surface area contributed by atoms with Crippen molar-refractivity contribution >= 4 is 12.2 Å². The molecule has 2 amide bonds. The van der Waals surface area contributed by atoms with Crippen molar-refractivity contribution in [3.8, 4) is 0 Å². The van der Waals surface area contributed by atoms with Crippen LogP contribution in [0.5, 0.6) is 0 Å². The Bertz CT molecular complexity index is 876. The molecule has 1 fully saturated rings. The zero-order valence-electron chi connectivity index (χ0n) is 18.1. The van der Waals surface area contributed by atoms with Crippen LogP contribution in [0, 0.1) is 0 Å². The number of aliphatic hydroxyl groups excluding tert-OH is 1. The lowest BCUT2D eigenvalue weighted by Gasteiger charge is -2.32. The Kier molecular flexibility index (Phi) is 8.04. The van der Waals surface area contributed by atoms with Gasteiger partial charge in [-0.15, -0.1) is 0 Å². The molecule has 0 spiro atoms. The number of hydrogen-bond donors (Lipinski definition) is 2. The fourth-order valence-corrected chi connectivity index (χ4v) is 3.18. The van der Waals surface area contributed by atoms with E-state index in [2.05, 4.69) is 5.43 Å². The van der Waals surface area contributed by atoms with E-state index in [0.717, 1.165) is 16.1 Å². The number of rotatable bonds is 7. The number of hydrogen-bond acceptors (Lipinski definition) is 7. The average Bonchev–Trinajstić information content (AvgIpc) is 3.16. The Balaban J connectivity index is 1.68. The summed E-state index contributed by atoms with van der Waals surface area (Å²) in [4.78, 5) is 25.3. The van der Waals surface area contributed by atoms with Gasteiger partial charge in [-0.2, -0.15) is 0 Å². The van der Waals surface area contributed by atoms with Crippen LogP contribution in [0.15, 0.2) is 60.7 Å². The molecule has 2 aromatic carbocycles. The Labute approximate surface area is 186 Å². The Morgan fingerprint density at radius 1 is 1.06 bits per heavy atom. The molecule has 2 aromatic rings. The van der Waals surface area contributed by atoms with Gasteiger partial charge in [-0.25, -0.2) is 20.0 Å². The fraction of sp³-hybridized carbons (Fsp3) is 0.391.